The molecule has 0 aliphatic heterocycles. The number of rotatable bonds is 7. The highest BCUT2D eigenvalue weighted by atomic mass is 16.6. The van der Waals surface area contributed by atoms with Crippen molar-refractivity contribution < 1.29 is 19.1 Å². The zero-order valence-electron chi connectivity index (χ0n) is 20.6. The van der Waals surface area contributed by atoms with Crippen LogP contribution in [-0.4, -0.2) is 41.5 Å². The van der Waals surface area contributed by atoms with Gasteiger partial charge in [0.05, 0.1) is 0 Å². The molecule has 3 amide bonds. The predicted molar refractivity (Wildman–Crippen MR) is 130 cm³/mol. The molecule has 7 nitrogen and oxygen atoms in total. The number of carbonyl (C=O) groups excluding carboxylic acids is 3. The Morgan fingerprint density at radius 2 is 1.67 bits per heavy atom. The van der Waals surface area contributed by atoms with Crippen LogP contribution in [0.3, 0.4) is 0 Å². The number of aryl methyl sites for hydroxylation is 3. The molecule has 1 atom stereocenters. The van der Waals surface area contributed by atoms with E-state index in [1.807, 2.05) is 70.2 Å². The van der Waals surface area contributed by atoms with E-state index in [-0.39, 0.29) is 24.9 Å². The van der Waals surface area contributed by atoms with Crippen LogP contribution < -0.4 is 10.6 Å². The molecule has 33 heavy (non-hydrogen) atoms. The van der Waals surface area contributed by atoms with Crippen LogP contribution in [-0.2, 0) is 14.3 Å². The van der Waals surface area contributed by atoms with E-state index in [0.29, 0.717) is 5.69 Å². The normalized spacial score (nSPS) is 12.0. The number of likely N-dealkylation sites (N-methyl/N-ethyl adjacent to an activating group) is 1. The van der Waals surface area contributed by atoms with Crippen LogP contribution in [0.5, 0.6) is 0 Å². The smallest absolute Gasteiger partial charge is 0.408 e. The number of alkyl carbamates (subject to hydrolysis) is 1. The van der Waals surface area contributed by atoms with Crippen molar-refractivity contribution in [2.75, 3.05) is 18.4 Å². The Labute approximate surface area is 196 Å². The van der Waals surface area contributed by atoms with Crippen LogP contribution in [0.15, 0.2) is 42.5 Å². The van der Waals surface area contributed by atoms with E-state index < -0.39 is 17.7 Å². The first-order valence-corrected chi connectivity index (χ1v) is 11.1. The summed E-state index contributed by atoms with van der Waals surface area (Å²) < 4.78 is 5.22. The number of benzene rings is 2. The molecule has 7 heteroatoms. The van der Waals surface area contributed by atoms with Gasteiger partial charge in [0.1, 0.15) is 18.2 Å². The van der Waals surface area contributed by atoms with Gasteiger partial charge in [0.25, 0.3) is 5.91 Å². The molecule has 178 valence electrons. The number of nitrogens with zero attached hydrogens (tertiary/aromatic N) is 1. The van der Waals surface area contributed by atoms with Crippen LogP contribution >= 0.6 is 0 Å². The average Bonchev–Trinajstić information content (AvgIpc) is 2.71. The lowest BCUT2D eigenvalue weighted by Crippen LogP contribution is -2.46. The number of anilines is 1. The molecule has 0 spiro atoms. The molecule has 1 unspecified atom stereocenters. The maximum Gasteiger partial charge on any atom is 0.408 e. The Morgan fingerprint density at radius 3 is 2.24 bits per heavy atom. The summed E-state index contributed by atoms with van der Waals surface area (Å²) in [6.07, 6.45) is -0.681. The predicted octanol–water partition coefficient (Wildman–Crippen LogP) is 4.66. The second kappa shape index (κ2) is 11.0. The lowest BCUT2D eigenvalue weighted by Gasteiger charge is -2.32. The van der Waals surface area contributed by atoms with Crippen LogP contribution in [0.4, 0.5) is 10.5 Å². The SMILES string of the molecule is CCN(C(=O)CNC(=O)OC(C)(C)C)C(C(=O)Nc1ccccc1C)c1ccc(C)cc1C. The first-order chi connectivity index (χ1) is 15.4. The fourth-order valence-electron chi connectivity index (χ4n) is 3.56. The highest BCUT2D eigenvalue weighted by molar-refractivity contribution is 5.99. The number of ether oxygens (including phenoxy) is 1. The van der Waals surface area contributed by atoms with Gasteiger partial charge in [-0.15, -0.1) is 0 Å². The van der Waals surface area contributed by atoms with Crippen molar-refractivity contribution in [3.8, 4) is 0 Å². The average molecular weight is 454 g/mol. The molecule has 0 heterocycles. The first-order valence-electron chi connectivity index (χ1n) is 11.1. The van der Waals surface area contributed by atoms with Gasteiger partial charge in [-0.05, 0) is 71.2 Å². The molecule has 0 saturated heterocycles. The third-order valence-corrected chi connectivity index (χ3v) is 5.13. The molecule has 2 aromatic carbocycles. The van der Waals surface area contributed by atoms with Crippen LogP contribution in [0.1, 0.15) is 56.0 Å². The Balaban J connectivity index is 2.34. The number of hydrogen-bond donors (Lipinski definition) is 2. The quantitative estimate of drug-likeness (QED) is 0.638. The highest BCUT2D eigenvalue weighted by Gasteiger charge is 2.32. The van der Waals surface area contributed by atoms with Gasteiger partial charge in [0.2, 0.25) is 5.91 Å². The van der Waals surface area contributed by atoms with Crippen LogP contribution in [0.2, 0.25) is 0 Å². The fraction of sp³-hybridized carbons (Fsp3) is 0.423. The summed E-state index contributed by atoms with van der Waals surface area (Å²) >= 11 is 0. The monoisotopic (exact) mass is 453 g/mol. The van der Waals surface area contributed by atoms with Gasteiger partial charge in [0, 0.05) is 12.2 Å². The Bertz CT molecular complexity index is 1010. The summed E-state index contributed by atoms with van der Waals surface area (Å²) in [6.45, 7) is 12.9. The van der Waals surface area contributed by atoms with Gasteiger partial charge in [-0.25, -0.2) is 4.79 Å². The van der Waals surface area contributed by atoms with Gasteiger partial charge in [-0.1, -0.05) is 42.0 Å². The number of hydrogen-bond acceptors (Lipinski definition) is 4. The lowest BCUT2D eigenvalue weighted by atomic mass is 9.96. The summed E-state index contributed by atoms with van der Waals surface area (Å²) in [5.74, 6) is -0.697. The van der Waals surface area contributed by atoms with E-state index in [1.165, 1.54) is 4.90 Å². The van der Waals surface area contributed by atoms with Crippen molar-refractivity contribution in [1.82, 2.24) is 10.2 Å². The van der Waals surface area contributed by atoms with E-state index in [9.17, 15) is 14.4 Å². The van der Waals surface area contributed by atoms with Crippen molar-refractivity contribution >= 4 is 23.6 Å². The zero-order chi connectivity index (χ0) is 24.8. The molecule has 0 radical (unpaired) electrons. The highest BCUT2D eigenvalue weighted by Crippen LogP contribution is 2.27. The fourth-order valence-corrected chi connectivity index (χ4v) is 3.56. The summed E-state index contributed by atoms with van der Waals surface area (Å²) in [6, 6.07) is 12.4. The van der Waals surface area contributed by atoms with Gasteiger partial charge in [-0.3, -0.25) is 9.59 Å². The zero-order valence-corrected chi connectivity index (χ0v) is 20.6. The molecule has 0 fully saturated rings. The molecular formula is C26H35N3O4. The van der Waals surface area contributed by atoms with E-state index >= 15 is 0 Å². The van der Waals surface area contributed by atoms with Gasteiger partial charge in [-0.2, -0.15) is 0 Å². The molecule has 2 aromatic rings. The largest absolute Gasteiger partial charge is 0.444 e. The van der Waals surface area contributed by atoms with Gasteiger partial charge in [0.15, 0.2) is 0 Å². The Kier molecular flexibility index (Phi) is 8.63. The van der Waals surface area contributed by atoms with Crippen molar-refractivity contribution in [2.45, 2.75) is 60.1 Å². The topological polar surface area (TPSA) is 87.7 Å². The van der Waals surface area contributed by atoms with Gasteiger partial charge < -0.3 is 20.3 Å². The van der Waals surface area contributed by atoms with Crippen LogP contribution in [0.25, 0.3) is 0 Å². The third kappa shape index (κ3) is 7.34. The minimum absolute atomic E-state index is 0.276. The maximum absolute atomic E-state index is 13.5. The number of amides is 3. The van der Waals surface area contributed by atoms with E-state index in [4.69, 9.17) is 4.74 Å². The summed E-state index contributed by atoms with van der Waals surface area (Å²) in [5, 5.41) is 5.47. The number of carbonyl (C=O) groups is 3. The van der Waals surface area contributed by atoms with Crippen molar-refractivity contribution in [2.24, 2.45) is 0 Å². The summed E-state index contributed by atoms with van der Waals surface area (Å²) in [4.78, 5) is 40.2. The Hall–Kier alpha value is -3.35. The van der Waals surface area contributed by atoms with Crippen molar-refractivity contribution in [1.29, 1.82) is 0 Å². The van der Waals surface area contributed by atoms with Gasteiger partial charge >= 0.3 is 6.09 Å². The second-order valence-electron chi connectivity index (χ2n) is 9.10. The lowest BCUT2D eigenvalue weighted by molar-refractivity contribution is -0.138. The minimum Gasteiger partial charge on any atom is -0.444 e. The number of nitrogens with one attached hydrogen (secondary N) is 2. The maximum atomic E-state index is 13.5. The number of para-hydroxylation sites is 1. The van der Waals surface area contributed by atoms with Crippen molar-refractivity contribution in [3.63, 3.8) is 0 Å². The molecule has 2 N–H and O–H groups in total. The molecule has 2 rings (SSSR count). The summed E-state index contributed by atoms with van der Waals surface area (Å²) in [5.41, 5.74) is 3.64. The second-order valence-corrected chi connectivity index (χ2v) is 9.10. The van der Waals surface area contributed by atoms with E-state index in [2.05, 4.69) is 10.6 Å². The van der Waals surface area contributed by atoms with Crippen LogP contribution in [0, 0.1) is 20.8 Å². The molecule has 0 aromatic heterocycles. The molecule has 0 aliphatic rings. The van der Waals surface area contributed by atoms with E-state index in [1.54, 1.807) is 20.8 Å². The third-order valence-electron chi connectivity index (χ3n) is 5.13. The summed E-state index contributed by atoms with van der Waals surface area (Å²) in [7, 11) is 0. The van der Waals surface area contributed by atoms with Crippen molar-refractivity contribution in [3.05, 3.63) is 64.7 Å². The molecule has 0 aliphatic carbocycles. The molecule has 0 bridgehead atoms. The standard InChI is InChI=1S/C26H35N3O4/c1-8-29(22(30)16-27-25(32)33-26(5,6)7)23(20-14-13-17(2)15-19(20)4)24(31)28-21-12-10-9-11-18(21)3/h9-15,23H,8,16H2,1-7H3,(H,27,32)(H,28,31). The minimum atomic E-state index is -0.858. The van der Waals surface area contributed by atoms with E-state index in [0.717, 1.165) is 22.3 Å². The molecular weight excluding hydrogens is 418 g/mol. The first kappa shape index (κ1) is 25.9. The Morgan fingerprint density at radius 1 is 1.00 bits per heavy atom. The molecule has 0 saturated carbocycles.